The standard InChI is InChI=1S/C20H24BrN5O/c1-13-7-6-8-16(9-13)11-25-15(3)18(14(2)24-25)23-19(27)20(4,5)26-12-17(21)10-22-26/h6-10,12H,11H2,1-5H3,(H,23,27). The summed E-state index contributed by atoms with van der Waals surface area (Å²) < 4.78 is 4.41. The Bertz CT molecular complexity index is 986. The fraction of sp³-hybridized carbons (Fsp3) is 0.350. The van der Waals surface area contributed by atoms with Crippen molar-refractivity contribution in [1.29, 1.82) is 0 Å². The number of aryl methyl sites for hydroxylation is 2. The Kier molecular flexibility index (Phi) is 5.24. The monoisotopic (exact) mass is 429 g/mol. The predicted octanol–water partition coefficient (Wildman–Crippen LogP) is 4.19. The molecule has 0 radical (unpaired) electrons. The number of halogens is 1. The summed E-state index contributed by atoms with van der Waals surface area (Å²) >= 11 is 3.38. The zero-order chi connectivity index (χ0) is 19.8. The van der Waals surface area contributed by atoms with Crippen molar-refractivity contribution in [3.8, 4) is 0 Å². The Morgan fingerprint density at radius 3 is 2.63 bits per heavy atom. The van der Waals surface area contributed by atoms with Crippen molar-refractivity contribution in [3.05, 3.63) is 63.6 Å². The van der Waals surface area contributed by atoms with Gasteiger partial charge in [-0.25, -0.2) is 0 Å². The Morgan fingerprint density at radius 1 is 1.26 bits per heavy atom. The van der Waals surface area contributed by atoms with Crippen LogP contribution >= 0.6 is 15.9 Å². The van der Waals surface area contributed by atoms with E-state index in [1.807, 2.05) is 38.4 Å². The number of hydrogen-bond acceptors (Lipinski definition) is 3. The molecule has 0 saturated heterocycles. The quantitative estimate of drug-likeness (QED) is 0.660. The Morgan fingerprint density at radius 2 is 2.00 bits per heavy atom. The summed E-state index contributed by atoms with van der Waals surface area (Å²) in [6.45, 7) is 10.3. The van der Waals surface area contributed by atoms with Gasteiger partial charge in [-0.1, -0.05) is 29.8 Å². The third-order valence-electron chi connectivity index (χ3n) is 4.71. The molecule has 27 heavy (non-hydrogen) atoms. The van der Waals surface area contributed by atoms with E-state index >= 15 is 0 Å². The molecule has 0 saturated carbocycles. The van der Waals surface area contributed by atoms with Crippen LogP contribution in [0, 0.1) is 20.8 Å². The van der Waals surface area contributed by atoms with Crippen LogP contribution in [0.5, 0.6) is 0 Å². The Labute approximate surface area is 167 Å². The van der Waals surface area contributed by atoms with Gasteiger partial charge in [0, 0.05) is 6.20 Å². The lowest BCUT2D eigenvalue weighted by molar-refractivity contribution is -0.123. The van der Waals surface area contributed by atoms with Gasteiger partial charge in [-0.3, -0.25) is 14.2 Å². The normalized spacial score (nSPS) is 11.6. The molecule has 3 aromatic rings. The van der Waals surface area contributed by atoms with Gasteiger partial charge in [-0.2, -0.15) is 10.2 Å². The molecule has 0 bridgehead atoms. The van der Waals surface area contributed by atoms with Gasteiger partial charge < -0.3 is 5.32 Å². The molecular weight excluding hydrogens is 406 g/mol. The summed E-state index contributed by atoms with van der Waals surface area (Å²) in [7, 11) is 0. The maximum atomic E-state index is 12.9. The van der Waals surface area contributed by atoms with Crippen molar-refractivity contribution in [2.24, 2.45) is 0 Å². The average molecular weight is 430 g/mol. The van der Waals surface area contributed by atoms with Crippen LogP contribution in [0.25, 0.3) is 0 Å². The lowest BCUT2D eigenvalue weighted by Crippen LogP contribution is -2.40. The molecule has 2 aromatic heterocycles. The highest BCUT2D eigenvalue weighted by atomic mass is 79.9. The predicted molar refractivity (Wildman–Crippen MR) is 110 cm³/mol. The number of rotatable bonds is 5. The van der Waals surface area contributed by atoms with E-state index in [2.05, 4.69) is 56.6 Å². The number of amides is 1. The minimum Gasteiger partial charge on any atom is -0.321 e. The molecule has 2 heterocycles. The van der Waals surface area contributed by atoms with E-state index in [4.69, 9.17) is 0 Å². The fourth-order valence-corrected chi connectivity index (χ4v) is 3.28. The van der Waals surface area contributed by atoms with Crippen molar-refractivity contribution in [2.75, 3.05) is 5.32 Å². The molecule has 1 N–H and O–H groups in total. The molecule has 1 amide bonds. The molecular formula is C20H24BrN5O. The highest BCUT2D eigenvalue weighted by Gasteiger charge is 2.32. The van der Waals surface area contributed by atoms with E-state index in [1.54, 1.807) is 17.1 Å². The van der Waals surface area contributed by atoms with Crippen LogP contribution in [0.4, 0.5) is 5.69 Å². The van der Waals surface area contributed by atoms with Crippen LogP contribution < -0.4 is 5.32 Å². The highest BCUT2D eigenvalue weighted by Crippen LogP contribution is 2.24. The first-order valence-electron chi connectivity index (χ1n) is 8.80. The number of nitrogens with one attached hydrogen (secondary N) is 1. The van der Waals surface area contributed by atoms with Crippen molar-refractivity contribution in [3.63, 3.8) is 0 Å². The van der Waals surface area contributed by atoms with Gasteiger partial charge in [0.05, 0.1) is 34.3 Å². The van der Waals surface area contributed by atoms with Crippen molar-refractivity contribution < 1.29 is 4.79 Å². The summed E-state index contributed by atoms with van der Waals surface area (Å²) in [5.74, 6) is -0.139. The molecule has 0 atom stereocenters. The molecule has 3 rings (SSSR count). The molecule has 0 aliphatic carbocycles. The number of nitrogens with zero attached hydrogens (tertiary/aromatic N) is 4. The molecule has 0 aliphatic heterocycles. The highest BCUT2D eigenvalue weighted by molar-refractivity contribution is 9.10. The third-order valence-corrected chi connectivity index (χ3v) is 5.12. The molecule has 6 nitrogen and oxygen atoms in total. The van der Waals surface area contributed by atoms with E-state index in [0.29, 0.717) is 6.54 Å². The molecule has 0 spiro atoms. The van der Waals surface area contributed by atoms with Gasteiger partial charge in [-0.15, -0.1) is 0 Å². The van der Waals surface area contributed by atoms with Gasteiger partial charge >= 0.3 is 0 Å². The van der Waals surface area contributed by atoms with E-state index < -0.39 is 5.54 Å². The Balaban J connectivity index is 1.83. The summed E-state index contributed by atoms with van der Waals surface area (Å²) in [5, 5.41) is 11.9. The second-order valence-electron chi connectivity index (χ2n) is 7.31. The van der Waals surface area contributed by atoms with Gasteiger partial charge in [0.25, 0.3) is 5.91 Å². The zero-order valence-corrected chi connectivity index (χ0v) is 17.8. The molecule has 1 aromatic carbocycles. The molecule has 0 aliphatic rings. The van der Waals surface area contributed by atoms with Gasteiger partial charge in [0.1, 0.15) is 5.54 Å². The van der Waals surface area contributed by atoms with Crippen molar-refractivity contribution in [1.82, 2.24) is 19.6 Å². The number of anilines is 1. The maximum absolute atomic E-state index is 12.9. The van der Waals surface area contributed by atoms with E-state index in [0.717, 1.165) is 21.5 Å². The summed E-state index contributed by atoms with van der Waals surface area (Å²) in [6, 6.07) is 8.35. The van der Waals surface area contributed by atoms with Gasteiger partial charge in [0.15, 0.2) is 0 Å². The summed E-state index contributed by atoms with van der Waals surface area (Å²) in [4.78, 5) is 12.9. The van der Waals surface area contributed by atoms with Crippen LogP contribution in [0.2, 0.25) is 0 Å². The number of hydrogen-bond donors (Lipinski definition) is 1. The number of carbonyl (C=O) groups excluding carboxylic acids is 1. The topological polar surface area (TPSA) is 64.7 Å². The summed E-state index contributed by atoms with van der Waals surface area (Å²) in [6.07, 6.45) is 3.46. The molecule has 7 heteroatoms. The second kappa shape index (κ2) is 7.31. The minimum atomic E-state index is -0.830. The maximum Gasteiger partial charge on any atom is 0.251 e. The molecule has 0 fully saturated rings. The fourth-order valence-electron chi connectivity index (χ4n) is 2.99. The Hall–Kier alpha value is -2.41. The first-order valence-corrected chi connectivity index (χ1v) is 9.59. The first-order chi connectivity index (χ1) is 12.7. The average Bonchev–Trinajstić information content (AvgIpc) is 3.14. The third kappa shape index (κ3) is 3.98. The minimum absolute atomic E-state index is 0.139. The van der Waals surface area contributed by atoms with Crippen molar-refractivity contribution >= 4 is 27.5 Å². The number of carbonyl (C=O) groups is 1. The van der Waals surface area contributed by atoms with E-state index in [1.165, 1.54) is 11.1 Å². The molecule has 142 valence electrons. The lowest BCUT2D eigenvalue weighted by Gasteiger charge is -2.24. The van der Waals surface area contributed by atoms with E-state index in [9.17, 15) is 4.79 Å². The zero-order valence-electron chi connectivity index (χ0n) is 16.2. The lowest BCUT2D eigenvalue weighted by atomic mass is 10.0. The van der Waals surface area contributed by atoms with Crippen LogP contribution in [-0.2, 0) is 16.9 Å². The first kappa shape index (κ1) is 19.4. The van der Waals surface area contributed by atoms with Crippen LogP contribution in [0.3, 0.4) is 0 Å². The number of aromatic nitrogens is 4. The van der Waals surface area contributed by atoms with Crippen LogP contribution in [-0.4, -0.2) is 25.5 Å². The number of benzene rings is 1. The second-order valence-corrected chi connectivity index (χ2v) is 8.22. The molecule has 0 unspecified atom stereocenters. The summed E-state index contributed by atoms with van der Waals surface area (Å²) in [5.41, 5.74) is 4.05. The smallest absolute Gasteiger partial charge is 0.251 e. The van der Waals surface area contributed by atoms with Gasteiger partial charge in [-0.05, 0) is 56.1 Å². The van der Waals surface area contributed by atoms with Crippen LogP contribution in [0.1, 0.15) is 36.4 Å². The van der Waals surface area contributed by atoms with Crippen LogP contribution in [0.15, 0.2) is 41.1 Å². The van der Waals surface area contributed by atoms with E-state index in [-0.39, 0.29) is 5.91 Å². The SMILES string of the molecule is Cc1cccc(Cn2nc(C)c(NC(=O)C(C)(C)n3cc(Br)cn3)c2C)c1. The van der Waals surface area contributed by atoms with Gasteiger partial charge in [0.2, 0.25) is 0 Å². The van der Waals surface area contributed by atoms with Crippen molar-refractivity contribution in [2.45, 2.75) is 46.7 Å². The largest absolute Gasteiger partial charge is 0.321 e.